The van der Waals surface area contributed by atoms with Crippen LogP contribution in [0, 0.1) is 5.92 Å². The molecule has 2 amide bonds. The van der Waals surface area contributed by atoms with E-state index in [0.717, 1.165) is 12.8 Å². The van der Waals surface area contributed by atoms with Gasteiger partial charge >= 0.3 is 12.0 Å². The first-order valence-electron chi connectivity index (χ1n) is 6.71. The number of aliphatic hydroxyl groups excluding tert-OH is 1. The van der Waals surface area contributed by atoms with Crippen LogP contribution in [0.5, 0.6) is 0 Å². The second-order valence-corrected chi connectivity index (χ2v) is 5.75. The van der Waals surface area contributed by atoms with Crippen molar-refractivity contribution in [1.29, 1.82) is 0 Å². The van der Waals surface area contributed by atoms with Crippen molar-refractivity contribution in [2.45, 2.75) is 51.2 Å². The first-order chi connectivity index (χ1) is 8.77. The van der Waals surface area contributed by atoms with E-state index in [4.69, 9.17) is 0 Å². The highest BCUT2D eigenvalue weighted by Crippen LogP contribution is 2.32. The van der Waals surface area contributed by atoms with Crippen LogP contribution in [-0.4, -0.2) is 52.3 Å². The van der Waals surface area contributed by atoms with Crippen LogP contribution < -0.4 is 5.32 Å². The molecular formula is C13H24N2O4. The van der Waals surface area contributed by atoms with Gasteiger partial charge in [-0.2, -0.15) is 0 Å². The molecule has 6 heteroatoms. The van der Waals surface area contributed by atoms with Crippen LogP contribution in [0.4, 0.5) is 4.79 Å². The van der Waals surface area contributed by atoms with Gasteiger partial charge in [0.1, 0.15) is 5.54 Å². The number of aliphatic hydroxyl groups is 1. The minimum Gasteiger partial charge on any atom is -0.480 e. The molecule has 1 fully saturated rings. The Labute approximate surface area is 113 Å². The van der Waals surface area contributed by atoms with Crippen molar-refractivity contribution in [2.24, 2.45) is 5.92 Å². The van der Waals surface area contributed by atoms with Gasteiger partial charge in [-0.15, -0.1) is 0 Å². The Morgan fingerprint density at radius 1 is 1.53 bits per heavy atom. The van der Waals surface area contributed by atoms with Crippen molar-refractivity contribution < 1.29 is 19.8 Å². The van der Waals surface area contributed by atoms with E-state index < -0.39 is 23.6 Å². The van der Waals surface area contributed by atoms with E-state index in [9.17, 15) is 19.8 Å². The Morgan fingerprint density at radius 3 is 2.63 bits per heavy atom. The summed E-state index contributed by atoms with van der Waals surface area (Å²) in [6, 6.07) is -0.447. The molecule has 0 heterocycles. The predicted molar refractivity (Wildman–Crippen MR) is 70.8 cm³/mol. The zero-order valence-electron chi connectivity index (χ0n) is 11.8. The van der Waals surface area contributed by atoms with Gasteiger partial charge in [-0.05, 0) is 25.7 Å². The van der Waals surface area contributed by atoms with Crippen LogP contribution in [0.2, 0.25) is 0 Å². The average Bonchev–Trinajstić information content (AvgIpc) is 2.27. The number of hydrogen-bond acceptors (Lipinski definition) is 3. The summed E-state index contributed by atoms with van der Waals surface area (Å²) in [5, 5.41) is 21.3. The Kier molecular flexibility index (Phi) is 5.17. The average molecular weight is 272 g/mol. The molecule has 1 aliphatic carbocycles. The van der Waals surface area contributed by atoms with E-state index in [1.807, 2.05) is 6.92 Å². The van der Waals surface area contributed by atoms with E-state index in [1.54, 1.807) is 14.0 Å². The molecule has 0 saturated heterocycles. The lowest BCUT2D eigenvalue weighted by Gasteiger charge is -2.38. The fourth-order valence-corrected chi connectivity index (χ4v) is 2.69. The summed E-state index contributed by atoms with van der Waals surface area (Å²) < 4.78 is 0. The summed E-state index contributed by atoms with van der Waals surface area (Å²) in [4.78, 5) is 24.8. The largest absolute Gasteiger partial charge is 0.480 e. The van der Waals surface area contributed by atoms with Crippen molar-refractivity contribution in [3.05, 3.63) is 0 Å². The van der Waals surface area contributed by atoms with Crippen LogP contribution >= 0.6 is 0 Å². The van der Waals surface area contributed by atoms with Gasteiger partial charge < -0.3 is 20.4 Å². The maximum atomic E-state index is 12.0. The molecule has 3 atom stereocenters. The third-order valence-corrected chi connectivity index (χ3v) is 3.64. The highest BCUT2D eigenvalue weighted by molar-refractivity contribution is 5.86. The number of likely N-dealkylation sites (N-methyl/N-ethyl adjacent to an activating group) is 1. The van der Waals surface area contributed by atoms with Crippen molar-refractivity contribution in [2.75, 3.05) is 13.6 Å². The van der Waals surface area contributed by atoms with Gasteiger partial charge in [-0.1, -0.05) is 19.8 Å². The fraction of sp³-hybridized carbons (Fsp3) is 0.846. The van der Waals surface area contributed by atoms with Gasteiger partial charge in [0.2, 0.25) is 0 Å². The number of rotatable bonds is 4. The summed E-state index contributed by atoms with van der Waals surface area (Å²) in [6.45, 7) is 3.76. The zero-order chi connectivity index (χ0) is 14.6. The molecule has 19 heavy (non-hydrogen) atoms. The summed E-state index contributed by atoms with van der Waals surface area (Å²) in [6.07, 6.45) is 2.07. The molecule has 0 aromatic rings. The maximum Gasteiger partial charge on any atom is 0.329 e. The number of nitrogens with one attached hydrogen (secondary N) is 1. The fourth-order valence-electron chi connectivity index (χ4n) is 2.69. The first kappa shape index (κ1) is 15.8. The van der Waals surface area contributed by atoms with Crippen LogP contribution in [-0.2, 0) is 4.79 Å². The molecule has 1 saturated carbocycles. The topological polar surface area (TPSA) is 89.9 Å². The Hall–Kier alpha value is -1.30. The smallest absolute Gasteiger partial charge is 0.329 e. The summed E-state index contributed by atoms with van der Waals surface area (Å²) in [5.41, 5.74) is -1.16. The van der Waals surface area contributed by atoms with Gasteiger partial charge in [-0.25, -0.2) is 9.59 Å². The minimum atomic E-state index is -1.16. The molecule has 0 aromatic carbocycles. The highest BCUT2D eigenvalue weighted by atomic mass is 16.4. The Morgan fingerprint density at radius 2 is 2.16 bits per heavy atom. The Balaban J connectivity index is 2.73. The molecule has 0 spiro atoms. The van der Waals surface area contributed by atoms with E-state index >= 15 is 0 Å². The van der Waals surface area contributed by atoms with Crippen molar-refractivity contribution in [3.8, 4) is 0 Å². The number of hydrogen-bond donors (Lipinski definition) is 3. The summed E-state index contributed by atoms with van der Waals surface area (Å²) in [7, 11) is 1.55. The van der Waals surface area contributed by atoms with E-state index in [0.29, 0.717) is 12.8 Å². The summed E-state index contributed by atoms with van der Waals surface area (Å²) >= 11 is 0. The van der Waals surface area contributed by atoms with Gasteiger partial charge in [0.05, 0.1) is 6.10 Å². The molecule has 3 N–H and O–H groups in total. The number of carboxylic acid groups (broad SMARTS) is 1. The highest BCUT2D eigenvalue weighted by Gasteiger charge is 2.43. The maximum absolute atomic E-state index is 12.0. The molecule has 0 bridgehead atoms. The lowest BCUT2D eigenvalue weighted by atomic mass is 9.76. The van der Waals surface area contributed by atoms with Gasteiger partial charge in [-0.3, -0.25) is 0 Å². The third kappa shape index (κ3) is 4.09. The lowest BCUT2D eigenvalue weighted by Crippen LogP contribution is -2.59. The lowest BCUT2D eigenvalue weighted by molar-refractivity contribution is -0.146. The van der Waals surface area contributed by atoms with Gasteiger partial charge in [0.15, 0.2) is 0 Å². The van der Waals surface area contributed by atoms with Crippen LogP contribution in [0.25, 0.3) is 0 Å². The summed E-state index contributed by atoms with van der Waals surface area (Å²) in [5.74, 6) is -0.690. The first-order valence-corrected chi connectivity index (χ1v) is 6.71. The number of urea groups is 1. The van der Waals surface area contributed by atoms with Crippen molar-refractivity contribution >= 4 is 12.0 Å². The molecule has 1 aliphatic rings. The van der Waals surface area contributed by atoms with E-state index in [2.05, 4.69) is 5.32 Å². The number of carbonyl (C=O) groups is 2. The second kappa shape index (κ2) is 6.23. The van der Waals surface area contributed by atoms with Crippen molar-refractivity contribution in [1.82, 2.24) is 10.2 Å². The number of amides is 2. The van der Waals surface area contributed by atoms with E-state index in [1.165, 1.54) is 4.90 Å². The van der Waals surface area contributed by atoms with Crippen LogP contribution in [0.15, 0.2) is 0 Å². The molecular weight excluding hydrogens is 248 g/mol. The van der Waals surface area contributed by atoms with Crippen molar-refractivity contribution in [3.63, 3.8) is 0 Å². The number of carbonyl (C=O) groups excluding carboxylic acids is 1. The van der Waals surface area contributed by atoms with Gasteiger partial charge in [0, 0.05) is 13.6 Å². The molecule has 0 aliphatic heterocycles. The minimum absolute atomic E-state index is 0.178. The number of aliphatic carboxylic acids is 1. The molecule has 0 aromatic heterocycles. The molecule has 0 radical (unpaired) electrons. The van der Waals surface area contributed by atoms with Crippen LogP contribution in [0.3, 0.4) is 0 Å². The second-order valence-electron chi connectivity index (χ2n) is 5.75. The molecule has 3 unspecified atom stereocenters. The standard InChI is InChI=1S/C13H24N2O4/c1-9-5-4-6-13(7-9,11(17)18)14-12(19)15(3)8-10(2)16/h9-10,16H,4-8H2,1-3H3,(H,14,19)(H,17,18). The van der Waals surface area contributed by atoms with Gasteiger partial charge in [0.25, 0.3) is 0 Å². The molecule has 1 rings (SSSR count). The zero-order valence-corrected chi connectivity index (χ0v) is 11.8. The number of nitrogens with zero attached hydrogens (tertiary/aromatic N) is 1. The molecule has 110 valence electrons. The van der Waals surface area contributed by atoms with Crippen LogP contribution in [0.1, 0.15) is 39.5 Å². The normalized spacial score (nSPS) is 28.5. The monoisotopic (exact) mass is 272 g/mol. The Bertz CT molecular complexity index is 346. The molecule has 6 nitrogen and oxygen atoms in total. The predicted octanol–water partition coefficient (Wildman–Crippen LogP) is 1.04. The quantitative estimate of drug-likeness (QED) is 0.713. The SMILES string of the molecule is CC(O)CN(C)C(=O)NC1(C(=O)O)CCCC(C)C1. The number of carboxylic acids is 1. The third-order valence-electron chi connectivity index (χ3n) is 3.64. The van der Waals surface area contributed by atoms with E-state index in [-0.39, 0.29) is 12.5 Å².